The van der Waals surface area contributed by atoms with E-state index in [1.54, 1.807) is 11.3 Å². The van der Waals surface area contributed by atoms with Crippen LogP contribution in [0, 0.1) is 0 Å². The molecule has 0 fully saturated rings. The van der Waals surface area contributed by atoms with E-state index in [9.17, 15) is 0 Å². The van der Waals surface area contributed by atoms with E-state index in [0.717, 1.165) is 33.4 Å². The van der Waals surface area contributed by atoms with Crippen LogP contribution in [-0.4, -0.2) is 9.38 Å². The first-order chi connectivity index (χ1) is 15.4. The minimum absolute atomic E-state index is 0.976. The second-order valence-electron chi connectivity index (χ2n) is 7.41. The third-order valence-electron chi connectivity index (χ3n) is 5.50. The Morgan fingerprint density at radius 3 is 2.19 bits per heavy atom. The number of thiazole rings is 1. The molecule has 148 valence electrons. The van der Waals surface area contributed by atoms with E-state index >= 15 is 0 Å². The summed E-state index contributed by atoms with van der Waals surface area (Å²) in [6.45, 7) is 0. The van der Waals surface area contributed by atoms with Gasteiger partial charge in [0.25, 0.3) is 0 Å². The Balaban J connectivity index is 1.66. The van der Waals surface area contributed by atoms with E-state index in [2.05, 4.69) is 118 Å². The SMILES string of the molecule is c1ccc(-c2nc3sccn3c2N(c2ccccc2)c2ccc3ccccc3c2)cc1. The maximum Gasteiger partial charge on any atom is 0.195 e. The molecule has 0 saturated carbocycles. The molecule has 3 nitrogen and oxygen atoms in total. The Morgan fingerprint density at radius 2 is 1.39 bits per heavy atom. The lowest BCUT2D eigenvalue weighted by atomic mass is 10.1. The molecule has 0 amide bonds. The molecule has 6 aromatic rings. The van der Waals surface area contributed by atoms with Crippen molar-refractivity contribution in [2.24, 2.45) is 0 Å². The van der Waals surface area contributed by atoms with Gasteiger partial charge in [0.2, 0.25) is 0 Å². The van der Waals surface area contributed by atoms with Crippen molar-refractivity contribution in [2.75, 3.05) is 4.90 Å². The lowest BCUT2D eigenvalue weighted by Gasteiger charge is -2.26. The molecule has 4 heteroatoms. The van der Waals surface area contributed by atoms with Crippen molar-refractivity contribution < 1.29 is 0 Å². The number of fused-ring (bicyclic) bond motifs is 2. The van der Waals surface area contributed by atoms with E-state index in [1.165, 1.54) is 10.8 Å². The highest BCUT2D eigenvalue weighted by Gasteiger charge is 2.23. The Morgan fingerprint density at radius 1 is 0.677 bits per heavy atom. The quantitative estimate of drug-likeness (QED) is 0.293. The molecule has 0 radical (unpaired) electrons. The second-order valence-corrected chi connectivity index (χ2v) is 8.28. The summed E-state index contributed by atoms with van der Waals surface area (Å²) in [5.74, 6) is 1.05. The van der Waals surface area contributed by atoms with Gasteiger partial charge < -0.3 is 0 Å². The average molecular weight is 418 g/mol. The Bertz CT molecular complexity index is 1480. The number of para-hydroxylation sites is 1. The van der Waals surface area contributed by atoms with Gasteiger partial charge in [0.05, 0.1) is 0 Å². The van der Waals surface area contributed by atoms with E-state index in [-0.39, 0.29) is 0 Å². The lowest BCUT2D eigenvalue weighted by molar-refractivity contribution is 1.14. The van der Waals surface area contributed by atoms with Gasteiger partial charge in [-0.05, 0) is 35.0 Å². The standard InChI is InChI=1S/C27H19N3S/c1-3-10-21(11-4-1)25-26(29-17-18-31-27(29)28-25)30(23-13-5-2-6-14-23)24-16-15-20-9-7-8-12-22(20)19-24/h1-19H. The molecule has 2 aromatic heterocycles. The minimum Gasteiger partial charge on any atom is -0.294 e. The Hall–Kier alpha value is -3.89. The predicted molar refractivity (Wildman–Crippen MR) is 131 cm³/mol. The van der Waals surface area contributed by atoms with Crippen molar-refractivity contribution in [3.8, 4) is 11.3 Å². The number of nitrogens with zero attached hydrogens (tertiary/aromatic N) is 3. The van der Waals surface area contributed by atoms with Crippen LogP contribution in [0.3, 0.4) is 0 Å². The molecule has 0 N–H and O–H groups in total. The molecule has 4 aromatic carbocycles. The molecule has 0 atom stereocenters. The highest BCUT2D eigenvalue weighted by atomic mass is 32.1. The van der Waals surface area contributed by atoms with Gasteiger partial charge >= 0.3 is 0 Å². The predicted octanol–water partition coefficient (Wildman–Crippen LogP) is 7.69. The Labute approximate surface area is 184 Å². The van der Waals surface area contributed by atoms with Crippen LogP contribution in [0.15, 0.2) is 115 Å². The average Bonchev–Trinajstić information content (AvgIpc) is 3.43. The van der Waals surface area contributed by atoms with Gasteiger partial charge in [0.1, 0.15) is 5.69 Å². The van der Waals surface area contributed by atoms with Crippen LogP contribution in [0.4, 0.5) is 17.2 Å². The van der Waals surface area contributed by atoms with Crippen molar-refractivity contribution in [2.45, 2.75) is 0 Å². The highest BCUT2D eigenvalue weighted by Crippen LogP contribution is 2.42. The molecule has 0 unspecified atom stereocenters. The summed E-state index contributed by atoms with van der Waals surface area (Å²) in [4.78, 5) is 8.31. The van der Waals surface area contributed by atoms with Gasteiger partial charge in [0.15, 0.2) is 10.8 Å². The number of aromatic nitrogens is 2. The summed E-state index contributed by atoms with van der Waals surface area (Å²) in [7, 11) is 0. The fourth-order valence-electron chi connectivity index (χ4n) is 4.06. The lowest BCUT2D eigenvalue weighted by Crippen LogP contribution is -2.13. The molecule has 31 heavy (non-hydrogen) atoms. The minimum atomic E-state index is 0.976. The number of anilines is 3. The molecule has 0 aliphatic heterocycles. The summed E-state index contributed by atoms with van der Waals surface area (Å²) in [6, 6.07) is 36.0. The third kappa shape index (κ3) is 3.09. The first-order valence-electron chi connectivity index (χ1n) is 10.2. The zero-order valence-electron chi connectivity index (χ0n) is 16.7. The van der Waals surface area contributed by atoms with E-state index in [0.29, 0.717) is 0 Å². The maximum absolute atomic E-state index is 5.02. The van der Waals surface area contributed by atoms with Crippen molar-refractivity contribution in [3.05, 3.63) is 115 Å². The molecule has 6 rings (SSSR count). The van der Waals surface area contributed by atoms with Crippen LogP contribution in [0.2, 0.25) is 0 Å². The van der Waals surface area contributed by atoms with Gasteiger partial charge in [-0.15, -0.1) is 11.3 Å². The highest BCUT2D eigenvalue weighted by molar-refractivity contribution is 7.15. The topological polar surface area (TPSA) is 20.5 Å². The van der Waals surface area contributed by atoms with Gasteiger partial charge in [-0.25, -0.2) is 4.98 Å². The maximum atomic E-state index is 5.02. The van der Waals surface area contributed by atoms with Gasteiger partial charge in [0, 0.05) is 28.5 Å². The van der Waals surface area contributed by atoms with Crippen LogP contribution in [0.25, 0.3) is 27.0 Å². The zero-order chi connectivity index (χ0) is 20.6. The number of rotatable bonds is 4. The summed E-state index contributed by atoms with van der Waals surface area (Å²) < 4.78 is 2.19. The number of benzene rings is 4. The smallest absolute Gasteiger partial charge is 0.195 e. The fourth-order valence-corrected chi connectivity index (χ4v) is 4.77. The molecule has 0 aliphatic carbocycles. The van der Waals surface area contributed by atoms with Crippen LogP contribution >= 0.6 is 11.3 Å². The molecular weight excluding hydrogens is 398 g/mol. The van der Waals surface area contributed by atoms with E-state index in [1.807, 2.05) is 6.07 Å². The number of hydrogen-bond acceptors (Lipinski definition) is 3. The second kappa shape index (κ2) is 7.42. The van der Waals surface area contributed by atoms with E-state index in [4.69, 9.17) is 4.98 Å². The molecular formula is C27H19N3S. The van der Waals surface area contributed by atoms with Crippen LogP contribution in [-0.2, 0) is 0 Å². The third-order valence-corrected chi connectivity index (χ3v) is 6.26. The molecule has 2 heterocycles. The molecule has 0 bridgehead atoms. The van der Waals surface area contributed by atoms with Crippen molar-refractivity contribution in [1.82, 2.24) is 9.38 Å². The Kier molecular flexibility index (Phi) is 4.29. The summed E-state index contributed by atoms with van der Waals surface area (Å²) in [5, 5.41) is 4.54. The van der Waals surface area contributed by atoms with Gasteiger partial charge in [-0.3, -0.25) is 9.30 Å². The first kappa shape index (κ1) is 17.9. The normalized spacial score (nSPS) is 11.2. The molecule has 0 spiro atoms. The number of hydrogen-bond donors (Lipinski definition) is 0. The van der Waals surface area contributed by atoms with Crippen molar-refractivity contribution >= 4 is 44.3 Å². The van der Waals surface area contributed by atoms with Crippen LogP contribution < -0.4 is 4.90 Å². The van der Waals surface area contributed by atoms with Crippen molar-refractivity contribution in [1.29, 1.82) is 0 Å². The van der Waals surface area contributed by atoms with Gasteiger partial charge in [-0.1, -0.05) is 78.9 Å². The summed E-state index contributed by atoms with van der Waals surface area (Å²) in [5.41, 5.74) is 4.29. The fraction of sp³-hybridized carbons (Fsp3) is 0. The first-order valence-corrected chi connectivity index (χ1v) is 11.1. The van der Waals surface area contributed by atoms with Gasteiger partial charge in [-0.2, -0.15) is 0 Å². The summed E-state index contributed by atoms with van der Waals surface area (Å²) >= 11 is 1.65. The molecule has 0 saturated heterocycles. The van der Waals surface area contributed by atoms with Crippen molar-refractivity contribution in [3.63, 3.8) is 0 Å². The van der Waals surface area contributed by atoms with E-state index < -0.39 is 0 Å². The van der Waals surface area contributed by atoms with Crippen LogP contribution in [0.5, 0.6) is 0 Å². The zero-order valence-corrected chi connectivity index (χ0v) is 17.5. The van der Waals surface area contributed by atoms with Crippen LogP contribution in [0.1, 0.15) is 0 Å². The summed E-state index contributed by atoms with van der Waals surface area (Å²) in [6.07, 6.45) is 2.10. The molecule has 0 aliphatic rings. The largest absolute Gasteiger partial charge is 0.294 e. The monoisotopic (exact) mass is 417 g/mol. The number of imidazole rings is 1.